The number of fused-ring (bicyclic) bond motifs is 1. The standard InChI is InChI=1S/C16H23ClN4/c1-12(2)10-20-16(18)19-7-9-21-8-6-14-13(11-21)4-3-5-15(14)17/h3-5H,1,6-11H2,2H3,(H3,18,19,20). The number of hydrogen-bond donors (Lipinski definition) is 2. The third-order valence-electron chi connectivity index (χ3n) is 3.54. The lowest BCUT2D eigenvalue weighted by Crippen LogP contribution is -2.40. The van der Waals surface area contributed by atoms with Crippen LogP contribution in [-0.4, -0.2) is 37.0 Å². The van der Waals surface area contributed by atoms with Gasteiger partial charge in [0.1, 0.15) is 0 Å². The molecule has 0 fully saturated rings. The largest absolute Gasteiger partial charge is 0.370 e. The Balaban J connectivity index is 1.78. The van der Waals surface area contributed by atoms with Gasteiger partial charge in [-0.15, -0.1) is 0 Å². The van der Waals surface area contributed by atoms with Crippen LogP contribution in [0.25, 0.3) is 0 Å². The summed E-state index contributed by atoms with van der Waals surface area (Å²) in [6.07, 6.45) is 1.01. The van der Waals surface area contributed by atoms with E-state index in [-0.39, 0.29) is 0 Å². The second-order valence-corrected chi connectivity index (χ2v) is 5.90. The number of benzene rings is 1. The number of halogens is 1. The van der Waals surface area contributed by atoms with Gasteiger partial charge < -0.3 is 11.1 Å². The molecule has 0 unspecified atom stereocenters. The summed E-state index contributed by atoms with van der Waals surface area (Å²) in [7, 11) is 0. The molecule has 4 nitrogen and oxygen atoms in total. The van der Waals surface area contributed by atoms with Crippen LogP contribution in [0, 0.1) is 0 Å². The topological polar surface area (TPSA) is 53.6 Å². The maximum atomic E-state index is 6.23. The highest BCUT2D eigenvalue weighted by Crippen LogP contribution is 2.25. The van der Waals surface area contributed by atoms with Gasteiger partial charge in [-0.25, -0.2) is 4.99 Å². The Morgan fingerprint density at radius 1 is 1.52 bits per heavy atom. The highest BCUT2D eigenvalue weighted by atomic mass is 35.5. The zero-order chi connectivity index (χ0) is 15.2. The van der Waals surface area contributed by atoms with E-state index >= 15 is 0 Å². The molecule has 0 saturated carbocycles. The molecule has 0 bridgehead atoms. The molecule has 1 aliphatic rings. The van der Waals surface area contributed by atoms with Crippen LogP contribution in [-0.2, 0) is 13.0 Å². The minimum Gasteiger partial charge on any atom is -0.370 e. The molecule has 0 aromatic heterocycles. The van der Waals surface area contributed by atoms with Gasteiger partial charge in [0.25, 0.3) is 0 Å². The van der Waals surface area contributed by atoms with Crippen molar-refractivity contribution in [2.45, 2.75) is 19.9 Å². The second-order valence-electron chi connectivity index (χ2n) is 5.49. The van der Waals surface area contributed by atoms with E-state index in [0.717, 1.165) is 43.2 Å². The molecule has 1 aromatic rings. The van der Waals surface area contributed by atoms with Crippen molar-refractivity contribution in [3.8, 4) is 0 Å². The van der Waals surface area contributed by atoms with Crippen LogP contribution in [0.15, 0.2) is 35.3 Å². The molecule has 0 saturated heterocycles. The molecule has 0 aliphatic carbocycles. The summed E-state index contributed by atoms with van der Waals surface area (Å²) in [6, 6.07) is 6.14. The first-order chi connectivity index (χ1) is 10.1. The fourth-order valence-corrected chi connectivity index (χ4v) is 2.72. The Morgan fingerprint density at radius 2 is 2.33 bits per heavy atom. The molecule has 1 aliphatic heterocycles. The molecule has 114 valence electrons. The van der Waals surface area contributed by atoms with Crippen molar-refractivity contribution in [3.05, 3.63) is 46.5 Å². The summed E-state index contributed by atoms with van der Waals surface area (Å²) in [5.74, 6) is 0.485. The molecule has 0 atom stereocenters. The van der Waals surface area contributed by atoms with Crippen LogP contribution in [0.1, 0.15) is 18.1 Å². The molecule has 0 amide bonds. The van der Waals surface area contributed by atoms with Crippen molar-refractivity contribution < 1.29 is 0 Å². The van der Waals surface area contributed by atoms with Crippen molar-refractivity contribution in [3.63, 3.8) is 0 Å². The summed E-state index contributed by atoms with van der Waals surface area (Å²) in [6.45, 7) is 10.0. The van der Waals surface area contributed by atoms with Gasteiger partial charge in [0, 0.05) is 31.2 Å². The third kappa shape index (κ3) is 4.76. The SMILES string of the molecule is C=C(C)CN=C(N)NCCN1CCc2c(Cl)cccc2C1. The van der Waals surface area contributed by atoms with Gasteiger partial charge >= 0.3 is 0 Å². The van der Waals surface area contributed by atoms with Crippen molar-refractivity contribution in [1.82, 2.24) is 10.2 Å². The maximum absolute atomic E-state index is 6.23. The highest BCUT2D eigenvalue weighted by Gasteiger charge is 2.17. The van der Waals surface area contributed by atoms with Gasteiger partial charge in [-0.1, -0.05) is 35.9 Å². The number of nitrogens with two attached hydrogens (primary N) is 1. The molecule has 21 heavy (non-hydrogen) atoms. The summed E-state index contributed by atoms with van der Waals surface area (Å²) in [5, 5.41) is 4.03. The number of rotatable bonds is 5. The van der Waals surface area contributed by atoms with E-state index in [1.165, 1.54) is 11.1 Å². The summed E-state index contributed by atoms with van der Waals surface area (Å²) in [5.41, 5.74) is 9.43. The highest BCUT2D eigenvalue weighted by molar-refractivity contribution is 6.31. The monoisotopic (exact) mass is 306 g/mol. The summed E-state index contributed by atoms with van der Waals surface area (Å²) in [4.78, 5) is 6.60. The average Bonchev–Trinajstić information content (AvgIpc) is 2.45. The average molecular weight is 307 g/mol. The van der Waals surface area contributed by atoms with E-state index in [4.69, 9.17) is 17.3 Å². The van der Waals surface area contributed by atoms with Crippen molar-refractivity contribution in [1.29, 1.82) is 0 Å². The summed E-state index contributed by atoms with van der Waals surface area (Å²) < 4.78 is 0. The molecule has 0 spiro atoms. The molecule has 5 heteroatoms. The molecular formula is C16H23ClN4. The predicted octanol–water partition coefficient (Wildman–Crippen LogP) is 2.18. The number of guanidine groups is 1. The lowest BCUT2D eigenvalue weighted by Gasteiger charge is -2.29. The Kier molecular flexibility index (Phi) is 5.65. The van der Waals surface area contributed by atoms with Gasteiger partial charge in [-0.3, -0.25) is 4.90 Å². The fourth-order valence-electron chi connectivity index (χ4n) is 2.43. The van der Waals surface area contributed by atoms with Crippen LogP contribution >= 0.6 is 11.6 Å². The van der Waals surface area contributed by atoms with Crippen molar-refractivity contribution in [2.75, 3.05) is 26.2 Å². The van der Waals surface area contributed by atoms with Crippen LogP contribution in [0.3, 0.4) is 0 Å². The van der Waals surface area contributed by atoms with Gasteiger partial charge in [0.15, 0.2) is 5.96 Å². The lowest BCUT2D eigenvalue weighted by atomic mass is 10.00. The molecule has 1 heterocycles. The number of hydrogen-bond acceptors (Lipinski definition) is 2. The number of nitrogens with one attached hydrogen (secondary N) is 1. The molecule has 3 N–H and O–H groups in total. The minimum absolute atomic E-state index is 0.485. The molecule has 2 rings (SSSR count). The van der Waals surface area contributed by atoms with Crippen molar-refractivity contribution in [2.24, 2.45) is 10.7 Å². The number of aliphatic imine (C=N–C) groups is 1. The predicted molar refractivity (Wildman–Crippen MR) is 89.7 cm³/mol. The zero-order valence-corrected chi connectivity index (χ0v) is 13.3. The molecule has 0 radical (unpaired) electrons. The van der Waals surface area contributed by atoms with E-state index in [9.17, 15) is 0 Å². The van der Waals surface area contributed by atoms with Gasteiger partial charge in [0.05, 0.1) is 6.54 Å². The second kappa shape index (κ2) is 7.48. The van der Waals surface area contributed by atoms with Gasteiger partial charge in [-0.2, -0.15) is 0 Å². The summed E-state index contributed by atoms with van der Waals surface area (Å²) >= 11 is 6.23. The number of nitrogens with zero attached hydrogens (tertiary/aromatic N) is 2. The Labute approximate surface area is 131 Å². The Hall–Kier alpha value is -1.52. The zero-order valence-electron chi connectivity index (χ0n) is 12.5. The van der Waals surface area contributed by atoms with Gasteiger partial charge in [0.2, 0.25) is 0 Å². The first kappa shape index (κ1) is 15.9. The maximum Gasteiger partial charge on any atom is 0.188 e. The minimum atomic E-state index is 0.485. The molecular weight excluding hydrogens is 284 g/mol. The lowest BCUT2D eigenvalue weighted by molar-refractivity contribution is 0.258. The van der Waals surface area contributed by atoms with Crippen LogP contribution in [0.5, 0.6) is 0 Å². The third-order valence-corrected chi connectivity index (χ3v) is 3.90. The fraction of sp³-hybridized carbons (Fsp3) is 0.438. The van der Waals surface area contributed by atoms with E-state index in [1.54, 1.807) is 0 Å². The Morgan fingerprint density at radius 3 is 3.10 bits per heavy atom. The van der Waals surface area contributed by atoms with E-state index in [2.05, 4.69) is 27.9 Å². The van der Waals surface area contributed by atoms with Crippen LogP contribution < -0.4 is 11.1 Å². The molecule has 1 aromatic carbocycles. The van der Waals surface area contributed by atoms with E-state index in [0.29, 0.717) is 12.5 Å². The van der Waals surface area contributed by atoms with Crippen LogP contribution in [0.4, 0.5) is 0 Å². The van der Waals surface area contributed by atoms with E-state index < -0.39 is 0 Å². The normalized spacial score (nSPS) is 15.6. The quantitative estimate of drug-likeness (QED) is 0.498. The van der Waals surface area contributed by atoms with Gasteiger partial charge in [-0.05, 0) is 30.5 Å². The van der Waals surface area contributed by atoms with E-state index in [1.807, 2.05) is 19.1 Å². The smallest absolute Gasteiger partial charge is 0.188 e. The Bertz CT molecular complexity index is 539. The van der Waals surface area contributed by atoms with Crippen LogP contribution in [0.2, 0.25) is 5.02 Å². The first-order valence-electron chi connectivity index (χ1n) is 7.23. The van der Waals surface area contributed by atoms with Crippen molar-refractivity contribution >= 4 is 17.6 Å². The first-order valence-corrected chi connectivity index (χ1v) is 7.61.